The highest BCUT2D eigenvalue weighted by molar-refractivity contribution is 7.99. The van der Waals surface area contributed by atoms with Gasteiger partial charge in [-0.15, -0.1) is 11.8 Å². The van der Waals surface area contributed by atoms with E-state index >= 15 is 0 Å². The van der Waals surface area contributed by atoms with E-state index in [9.17, 15) is 9.59 Å². The molecule has 3 atom stereocenters. The standard InChI is InChI=1S/C14H22N2O2S/c1-10(17)16-9-19-8-13(16)14(18)15-6-11-4-2-3-5-12(11)7-15/h11-13H,2-9H2,1H3. The quantitative estimate of drug-likeness (QED) is 0.733. The van der Waals surface area contributed by atoms with Crippen molar-refractivity contribution in [3.63, 3.8) is 0 Å². The molecule has 2 amide bonds. The van der Waals surface area contributed by atoms with E-state index in [1.807, 2.05) is 4.90 Å². The van der Waals surface area contributed by atoms with Crippen molar-refractivity contribution in [3.05, 3.63) is 0 Å². The maximum absolute atomic E-state index is 12.6. The summed E-state index contributed by atoms with van der Waals surface area (Å²) in [5.41, 5.74) is 0. The predicted octanol–water partition coefficient (Wildman–Crippen LogP) is 1.56. The summed E-state index contributed by atoms with van der Waals surface area (Å²) < 4.78 is 0. The molecule has 3 fully saturated rings. The van der Waals surface area contributed by atoms with Gasteiger partial charge in [-0.1, -0.05) is 12.8 Å². The molecule has 1 aliphatic carbocycles. The van der Waals surface area contributed by atoms with Crippen molar-refractivity contribution in [3.8, 4) is 0 Å². The minimum Gasteiger partial charge on any atom is -0.340 e. The van der Waals surface area contributed by atoms with Crippen LogP contribution in [0.2, 0.25) is 0 Å². The van der Waals surface area contributed by atoms with Gasteiger partial charge in [0.2, 0.25) is 11.8 Å². The highest BCUT2D eigenvalue weighted by Gasteiger charge is 2.41. The fraction of sp³-hybridized carbons (Fsp3) is 0.857. The summed E-state index contributed by atoms with van der Waals surface area (Å²) in [5, 5.41) is 0. The van der Waals surface area contributed by atoms with Gasteiger partial charge in [-0.3, -0.25) is 9.59 Å². The van der Waals surface area contributed by atoms with E-state index < -0.39 is 0 Å². The Bertz CT molecular complexity index is 374. The first-order valence-electron chi connectivity index (χ1n) is 7.30. The lowest BCUT2D eigenvalue weighted by Crippen LogP contribution is -2.47. The van der Waals surface area contributed by atoms with Gasteiger partial charge in [0.1, 0.15) is 6.04 Å². The number of carbonyl (C=O) groups excluding carboxylic acids is 2. The van der Waals surface area contributed by atoms with Gasteiger partial charge in [-0.25, -0.2) is 0 Å². The number of thioether (sulfide) groups is 1. The molecule has 5 heteroatoms. The molecular formula is C14H22N2O2S. The summed E-state index contributed by atoms with van der Waals surface area (Å²) in [6.07, 6.45) is 5.21. The van der Waals surface area contributed by atoms with Crippen LogP contribution >= 0.6 is 11.8 Å². The van der Waals surface area contributed by atoms with Crippen LogP contribution in [0.3, 0.4) is 0 Å². The third-order valence-electron chi connectivity index (χ3n) is 4.86. The van der Waals surface area contributed by atoms with E-state index in [0.717, 1.165) is 30.7 Å². The Hall–Kier alpha value is -0.710. The summed E-state index contributed by atoms with van der Waals surface area (Å²) in [5.74, 6) is 3.10. The Morgan fingerprint density at radius 3 is 2.32 bits per heavy atom. The molecule has 2 saturated heterocycles. The van der Waals surface area contributed by atoms with Gasteiger partial charge in [0.15, 0.2) is 0 Å². The van der Waals surface area contributed by atoms with Crippen molar-refractivity contribution in [1.29, 1.82) is 0 Å². The highest BCUT2D eigenvalue weighted by atomic mass is 32.2. The van der Waals surface area contributed by atoms with Crippen LogP contribution < -0.4 is 0 Å². The topological polar surface area (TPSA) is 40.6 Å². The van der Waals surface area contributed by atoms with E-state index in [1.54, 1.807) is 23.6 Å². The number of nitrogens with zero attached hydrogens (tertiary/aromatic N) is 2. The molecule has 0 bridgehead atoms. The first kappa shape index (κ1) is 13.3. The van der Waals surface area contributed by atoms with Crippen molar-refractivity contribution in [2.75, 3.05) is 24.7 Å². The Kier molecular flexibility index (Phi) is 3.74. The molecule has 4 nitrogen and oxygen atoms in total. The van der Waals surface area contributed by atoms with E-state index in [4.69, 9.17) is 0 Å². The second-order valence-corrected chi connectivity index (χ2v) is 7.05. The van der Waals surface area contributed by atoms with Crippen LogP contribution in [0.1, 0.15) is 32.6 Å². The normalized spacial score (nSPS) is 34.5. The molecule has 3 aliphatic rings. The minimum absolute atomic E-state index is 0.0277. The zero-order chi connectivity index (χ0) is 13.4. The Morgan fingerprint density at radius 1 is 1.11 bits per heavy atom. The van der Waals surface area contributed by atoms with Gasteiger partial charge >= 0.3 is 0 Å². The molecule has 2 heterocycles. The first-order chi connectivity index (χ1) is 9.16. The summed E-state index contributed by atoms with van der Waals surface area (Å²) >= 11 is 1.69. The van der Waals surface area contributed by atoms with Crippen LogP contribution in [0.5, 0.6) is 0 Å². The van der Waals surface area contributed by atoms with Crippen molar-refractivity contribution in [2.24, 2.45) is 11.8 Å². The van der Waals surface area contributed by atoms with Crippen LogP contribution in [0.25, 0.3) is 0 Å². The number of likely N-dealkylation sites (tertiary alicyclic amines) is 1. The molecule has 19 heavy (non-hydrogen) atoms. The second-order valence-electron chi connectivity index (χ2n) is 6.05. The van der Waals surface area contributed by atoms with Gasteiger partial charge in [-0.05, 0) is 24.7 Å². The first-order valence-corrected chi connectivity index (χ1v) is 8.46. The van der Waals surface area contributed by atoms with E-state index in [-0.39, 0.29) is 17.9 Å². The maximum Gasteiger partial charge on any atom is 0.246 e. The van der Waals surface area contributed by atoms with Crippen molar-refractivity contribution >= 4 is 23.6 Å². The average molecular weight is 282 g/mol. The van der Waals surface area contributed by atoms with Crippen molar-refractivity contribution in [1.82, 2.24) is 9.80 Å². The largest absolute Gasteiger partial charge is 0.340 e. The fourth-order valence-corrected chi connectivity index (χ4v) is 4.96. The van der Waals surface area contributed by atoms with Crippen LogP contribution in [-0.2, 0) is 9.59 Å². The lowest BCUT2D eigenvalue weighted by Gasteiger charge is -2.26. The second kappa shape index (κ2) is 5.35. The van der Waals surface area contributed by atoms with Gasteiger partial charge in [0, 0.05) is 25.8 Å². The van der Waals surface area contributed by atoms with Crippen molar-refractivity contribution < 1.29 is 9.59 Å². The summed E-state index contributed by atoms with van der Waals surface area (Å²) in [6.45, 7) is 3.42. The average Bonchev–Trinajstić information content (AvgIpc) is 3.04. The van der Waals surface area contributed by atoms with Gasteiger partial charge in [0.25, 0.3) is 0 Å². The molecule has 2 aliphatic heterocycles. The van der Waals surface area contributed by atoms with Crippen LogP contribution in [0.15, 0.2) is 0 Å². The van der Waals surface area contributed by atoms with Gasteiger partial charge in [0.05, 0.1) is 5.88 Å². The molecule has 0 aromatic heterocycles. The Morgan fingerprint density at radius 2 is 1.74 bits per heavy atom. The lowest BCUT2D eigenvalue weighted by atomic mass is 9.82. The van der Waals surface area contributed by atoms with Crippen LogP contribution in [0, 0.1) is 11.8 Å². The minimum atomic E-state index is -0.206. The predicted molar refractivity (Wildman–Crippen MR) is 75.7 cm³/mol. The number of fused-ring (bicyclic) bond motifs is 1. The third kappa shape index (κ3) is 2.49. The fourth-order valence-electron chi connectivity index (χ4n) is 3.75. The SMILES string of the molecule is CC(=O)N1CSCC1C(=O)N1CC2CCCCC2C1. The number of hydrogen-bond acceptors (Lipinski definition) is 3. The zero-order valence-electron chi connectivity index (χ0n) is 11.5. The van der Waals surface area contributed by atoms with E-state index in [1.165, 1.54) is 25.7 Å². The van der Waals surface area contributed by atoms with Gasteiger partial charge in [-0.2, -0.15) is 0 Å². The number of amides is 2. The maximum atomic E-state index is 12.6. The number of carbonyl (C=O) groups is 2. The third-order valence-corrected chi connectivity index (χ3v) is 5.87. The molecule has 1 saturated carbocycles. The molecule has 0 aromatic carbocycles. The summed E-state index contributed by atoms with van der Waals surface area (Å²) in [4.78, 5) is 28.0. The highest BCUT2D eigenvalue weighted by Crippen LogP contribution is 2.37. The van der Waals surface area contributed by atoms with E-state index in [2.05, 4.69) is 0 Å². The molecule has 0 N–H and O–H groups in total. The molecule has 3 rings (SSSR count). The summed E-state index contributed by atoms with van der Waals surface area (Å²) in [6, 6.07) is -0.206. The summed E-state index contributed by atoms with van der Waals surface area (Å²) in [7, 11) is 0. The number of rotatable bonds is 1. The van der Waals surface area contributed by atoms with Crippen LogP contribution in [0.4, 0.5) is 0 Å². The van der Waals surface area contributed by atoms with E-state index in [0.29, 0.717) is 5.88 Å². The molecular weight excluding hydrogens is 260 g/mol. The Balaban J connectivity index is 1.66. The molecule has 106 valence electrons. The molecule has 0 spiro atoms. The molecule has 3 unspecified atom stereocenters. The van der Waals surface area contributed by atoms with Gasteiger partial charge < -0.3 is 9.80 Å². The molecule has 0 radical (unpaired) electrons. The lowest BCUT2D eigenvalue weighted by molar-refractivity contribution is -0.141. The molecule has 0 aromatic rings. The Labute approximate surface area is 118 Å². The van der Waals surface area contributed by atoms with Crippen LogP contribution in [-0.4, -0.2) is 52.4 Å². The number of hydrogen-bond donors (Lipinski definition) is 0. The smallest absolute Gasteiger partial charge is 0.246 e. The monoisotopic (exact) mass is 282 g/mol. The van der Waals surface area contributed by atoms with Crippen molar-refractivity contribution in [2.45, 2.75) is 38.6 Å². The zero-order valence-corrected chi connectivity index (χ0v) is 12.3.